The predicted molar refractivity (Wildman–Crippen MR) is 160 cm³/mol. The molecule has 8 heteroatoms. The first-order valence-corrected chi connectivity index (χ1v) is 14.3. The lowest BCUT2D eigenvalue weighted by molar-refractivity contribution is 0.0714. The number of rotatable bonds is 11. The van der Waals surface area contributed by atoms with Gasteiger partial charge in [-0.15, -0.1) is 0 Å². The highest BCUT2D eigenvalue weighted by Gasteiger charge is 2.43. The summed E-state index contributed by atoms with van der Waals surface area (Å²) in [5, 5.41) is 0.799. The average Bonchev–Trinajstić information content (AvgIpc) is 3.24. The van der Waals surface area contributed by atoms with Crippen molar-refractivity contribution in [3.8, 4) is 17.2 Å². The SMILES string of the molecule is CCCCCOc1ccc(C2c3c(oc4cc(C)c(Cl)cc4c3=O)C(=O)N2Cc2ccc(OC)cc2)cc1OCC. The third-order valence-corrected chi connectivity index (χ3v) is 7.75. The van der Waals surface area contributed by atoms with Crippen molar-refractivity contribution in [3.05, 3.63) is 97.9 Å². The molecule has 0 aliphatic carbocycles. The molecule has 0 N–H and O–H groups in total. The molecule has 41 heavy (non-hydrogen) atoms. The number of halogens is 1. The van der Waals surface area contributed by atoms with Crippen molar-refractivity contribution in [2.75, 3.05) is 20.3 Å². The Morgan fingerprint density at radius 3 is 2.44 bits per heavy atom. The number of carbonyl (C=O) groups excluding carboxylic acids is 1. The summed E-state index contributed by atoms with van der Waals surface area (Å²) >= 11 is 6.39. The number of unbranched alkanes of at least 4 members (excludes halogenated alkanes) is 2. The van der Waals surface area contributed by atoms with Gasteiger partial charge in [0.1, 0.15) is 11.3 Å². The molecule has 1 aromatic heterocycles. The van der Waals surface area contributed by atoms with Gasteiger partial charge in [0.2, 0.25) is 5.76 Å². The zero-order chi connectivity index (χ0) is 29.1. The number of benzene rings is 3. The van der Waals surface area contributed by atoms with Crippen LogP contribution in [0.15, 0.2) is 63.8 Å². The molecule has 1 aliphatic heterocycles. The smallest absolute Gasteiger partial charge is 0.291 e. The number of carbonyl (C=O) groups is 1. The van der Waals surface area contributed by atoms with E-state index in [1.807, 2.05) is 56.3 Å². The maximum Gasteiger partial charge on any atom is 0.291 e. The molecule has 0 saturated heterocycles. The van der Waals surface area contributed by atoms with Crippen molar-refractivity contribution in [3.63, 3.8) is 0 Å². The zero-order valence-electron chi connectivity index (χ0n) is 23.8. The highest BCUT2D eigenvalue weighted by Crippen LogP contribution is 2.42. The summed E-state index contributed by atoms with van der Waals surface area (Å²) in [7, 11) is 1.61. The summed E-state index contributed by atoms with van der Waals surface area (Å²) in [6.45, 7) is 7.16. The molecule has 0 fully saturated rings. The van der Waals surface area contributed by atoms with Crippen LogP contribution < -0.4 is 19.6 Å². The van der Waals surface area contributed by atoms with Gasteiger partial charge in [0.15, 0.2) is 16.9 Å². The molecule has 4 aromatic rings. The van der Waals surface area contributed by atoms with Crippen molar-refractivity contribution in [2.45, 2.75) is 52.6 Å². The molecule has 2 heterocycles. The van der Waals surface area contributed by atoms with Gasteiger partial charge in [-0.2, -0.15) is 0 Å². The molecule has 1 aliphatic rings. The monoisotopic (exact) mass is 575 g/mol. The summed E-state index contributed by atoms with van der Waals surface area (Å²) in [5.41, 5.74) is 2.70. The molecule has 0 saturated carbocycles. The van der Waals surface area contributed by atoms with E-state index < -0.39 is 6.04 Å². The second kappa shape index (κ2) is 12.3. The maximum atomic E-state index is 14.0. The molecule has 3 aromatic carbocycles. The second-order valence-corrected chi connectivity index (χ2v) is 10.6. The summed E-state index contributed by atoms with van der Waals surface area (Å²) in [4.78, 5) is 29.6. The first-order valence-electron chi connectivity index (χ1n) is 14.0. The molecular weight excluding hydrogens is 542 g/mol. The van der Waals surface area contributed by atoms with Crippen molar-refractivity contribution in [1.82, 2.24) is 4.90 Å². The summed E-state index contributed by atoms with van der Waals surface area (Å²) < 4.78 is 23.4. The van der Waals surface area contributed by atoms with Crippen molar-refractivity contribution in [2.24, 2.45) is 0 Å². The highest BCUT2D eigenvalue weighted by atomic mass is 35.5. The summed E-state index contributed by atoms with van der Waals surface area (Å²) in [5.74, 6) is 1.60. The van der Waals surface area contributed by atoms with Crippen molar-refractivity contribution >= 4 is 28.5 Å². The first kappa shape index (κ1) is 28.6. The number of methoxy groups -OCH3 is 1. The standard InChI is InChI=1S/C33H34ClNO6/c1-5-7-8-15-40-26-14-11-22(17-28(26)39-6-2)30-29-31(36)24-18-25(34)20(3)16-27(24)41-32(29)33(37)35(30)19-21-9-12-23(38-4)13-10-21/h9-14,16-18,30H,5-8,15,19H2,1-4H3. The fraction of sp³-hybridized carbons (Fsp3) is 0.333. The van der Waals surface area contributed by atoms with Gasteiger partial charge in [0.25, 0.3) is 5.91 Å². The lowest BCUT2D eigenvalue weighted by atomic mass is 9.97. The quantitative estimate of drug-likeness (QED) is 0.173. The Balaban J connectivity index is 1.63. The zero-order valence-corrected chi connectivity index (χ0v) is 24.5. The van der Waals surface area contributed by atoms with Gasteiger partial charge < -0.3 is 23.5 Å². The average molecular weight is 576 g/mol. The van der Waals surface area contributed by atoms with E-state index in [-0.39, 0.29) is 29.2 Å². The van der Waals surface area contributed by atoms with Gasteiger partial charge >= 0.3 is 0 Å². The van der Waals surface area contributed by atoms with Crippen LogP contribution >= 0.6 is 11.6 Å². The number of aryl methyl sites for hydroxylation is 1. The number of amides is 1. The van der Waals surface area contributed by atoms with E-state index in [1.165, 1.54) is 0 Å². The fourth-order valence-corrected chi connectivity index (χ4v) is 5.36. The molecular formula is C33H34ClNO6. The van der Waals surface area contributed by atoms with E-state index in [0.29, 0.717) is 46.5 Å². The van der Waals surface area contributed by atoms with Crippen LogP contribution in [0.5, 0.6) is 17.2 Å². The van der Waals surface area contributed by atoms with Crippen LogP contribution in [-0.4, -0.2) is 31.1 Å². The van der Waals surface area contributed by atoms with E-state index in [9.17, 15) is 9.59 Å². The van der Waals surface area contributed by atoms with Gasteiger partial charge in [-0.1, -0.05) is 49.6 Å². The van der Waals surface area contributed by atoms with Crippen LogP contribution in [0.4, 0.5) is 0 Å². The third kappa shape index (κ3) is 5.64. The second-order valence-electron chi connectivity index (χ2n) is 10.1. The Hall–Kier alpha value is -3.97. The number of nitrogens with zero attached hydrogens (tertiary/aromatic N) is 1. The minimum Gasteiger partial charge on any atom is -0.497 e. The third-order valence-electron chi connectivity index (χ3n) is 7.35. The van der Waals surface area contributed by atoms with Crippen molar-refractivity contribution in [1.29, 1.82) is 0 Å². The van der Waals surface area contributed by atoms with Crippen LogP contribution in [0.2, 0.25) is 5.02 Å². The van der Waals surface area contributed by atoms with Crippen LogP contribution in [0, 0.1) is 6.92 Å². The molecule has 1 unspecified atom stereocenters. The first-order chi connectivity index (χ1) is 19.9. The molecule has 0 radical (unpaired) electrons. The number of ether oxygens (including phenoxy) is 3. The molecule has 7 nitrogen and oxygen atoms in total. The Bertz CT molecular complexity index is 1630. The van der Waals surface area contributed by atoms with Gasteiger partial charge in [0.05, 0.1) is 37.3 Å². The van der Waals surface area contributed by atoms with E-state index >= 15 is 0 Å². The van der Waals surface area contributed by atoms with Crippen molar-refractivity contribution < 1.29 is 23.4 Å². The Labute approximate surface area is 244 Å². The number of hydrogen-bond acceptors (Lipinski definition) is 6. The highest BCUT2D eigenvalue weighted by molar-refractivity contribution is 6.32. The Morgan fingerprint density at radius 2 is 1.73 bits per heavy atom. The lowest BCUT2D eigenvalue weighted by Crippen LogP contribution is -2.29. The topological polar surface area (TPSA) is 78.2 Å². The molecule has 0 spiro atoms. The van der Waals surface area contributed by atoms with Crippen LogP contribution in [0.25, 0.3) is 11.0 Å². The van der Waals surface area contributed by atoms with Crippen LogP contribution in [0.3, 0.4) is 0 Å². The van der Waals surface area contributed by atoms with Crippen LogP contribution in [0.1, 0.15) is 72.0 Å². The lowest BCUT2D eigenvalue weighted by Gasteiger charge is -2.26. The van der Waals surface area contributed by atoms with Crippen LogP contribution in [-0.2, 0) is 6.54 Å². The summed E-state index contributed by atoms with van der Waals surface area (Å²) in [6, 6.07) is 15.7. The van der Waals surface area contributed by atoms with Gasteiger partial charge in [-0.05, 0) is 73.4 Å². The maximum absolute atomic E-state index is 14.0. The Kier molecular flexibility index (Phi) is 8.54. The molecule has 5 rings (SSSR count). The molecule has 214 valence electrons. The number of fused-ring (bicyclic) bond motifs is 2. The normalized spacial score (nSPS) is 14.4. The van der Waals surface area contributed by atoms with Gasteiger partial charge in [-0.3, -0.25) is 9.59 Å². The molecule has 0 bridgehead atoms. The van der Waals surface area contributed by atoms with Gasteiger partial charge in [0, 0.05) is 11.6 Å². The summed E-state index contributed by atoms with van der Waals surface area (Å²) in [6.07, 6.45) is 3.12. The minimum absolute atomic E-state index is 0.0422. The van der Waals surface area contributed by atoms with E-state index in [2.05, 4.69) is 6.92 Å². The van der Waals surface area contributed by atoms with E-state index in [1.54, 1.807) is 24.1 Å². The van der Waals surface area contributed by atoms with E-state index in [4.69, 9.17) is 30.2 Å². The molecule has 1 amide bonds. The predicted octanol–water partition coefficient (Wildman–Crippen LogP) is 7.48. The fourth-order valence-electron chi connectivity index (χ4n) is 5.19. The largest absolute Gasteiger partial charge is 0.497 e. The minimum atomic E-state index is -0.700. The van der Waals surface area contributed by atoms with Gasteiger partial charge in [-0.25, -0.2) is 0 Å². The Morgan fingerprint density at radius 1 is 0.951 bits per heavy atom. The number of hydrogen-bond donors (Lipinski definition) is 0. The molecule has 1 atom stereocenters. The van der Waals surface area contributed by atoms with E-state index in [0.717, 1.165) is 36.0 Å².